The molecule has 0 saturated heterocycles. The summed E-state index contributed by atoms with van der Waals surface area (Å²) in [6.07, 6.45) is 0. The number of benzene rings is 2. The zero-order chi connectivity index (χ0) is 16.8. The van der Waals surface area contributed by atoms with Crippen molar-refractivity contribution in [1.29, 1.82) is 0 Å². The van der Waals surface area contributed by atoms with Gasteiger partial charge in [0.15, 0.2) is 0 Å². The summed E-state index contributed by atoms with van der Waals surface area (Å²) in [6, 6.07) is 18.2. The van der Waals surface area contributed by atoms with Crippen LogP contribution in [-0.4, -0.2) is 17.0 Å². The maximum atomic E-state index is 12.6. The minimum absolute atomic E-state index is 0.0684. The van der Waals surface area contributed by atoms with E-state index < -0.39 is 0 Å². The lowest BCUT2D eigenvalue weighted by Crippen LogP contribution is -2.39. The van der Waals surface area contributed by atoms with Crippen LogP contribution in [0.15, 0.2) is 54.6 Å². The number of urea groups is 1. The highest BCUT2D eigenvalue weighted by molar-refractivity contribution is 5.89. The molecule has 0 unspecified atom stereocenters. The van der Waals surface area contributed by atoms with Gasteiger partial charge < -0.3 is 10.2 Å². The van der Waals surface area contributed by atoms with Crippen LogP contribution in [0.1, 0.15) is 44.7 Å². The van der Waals surface area contributed by atoms with Gasteiger partial charge in [-0.1, -0.05) is 56.3 Å². The Labute approximate surface area is 139 Å². The summed E-state index contributed by atoms with van der Waals surface area (Å²) < 4.78 is 0. The van der Waals surface area contributed by atoms with Gasteiger partial charge in [0.2, 0.25) is 0 Å². The van der Waals surface area contributed by atoms with Crippen molar-refractivity contribution in [1.82, 2.24) is 4.90 Å². The lowest BCUT2D eigenvalue weighted by Gasteiger charge is -2.27. The molecule has 0 heterocycles. The largest absolute Gasteiger partial charge is 0.322 e. The van der Waals surface area contributed by atoms with E-state index in [2.05, 4.69) is 31.3 Å². The predicted octanol–water partition coefficient (Wildman–Crippen LogP) is 5.25. The first kappa shape index (κ1) is 17.1. The zero-order valence-electron chi connectivity index (χ0n) is 14.4. The first-order valence-electron chi connectivity index (χ1n) is 8.19. The van der Waals surface area contributed by atoms with E-state index in [0.29, 0.717) is 12.5 Å². The van der Waals surface area contributed by atoms with Gasteiger partial charge in [0.25, 0.3) is 0 Å². The van der Waals surface area contributed by atoms with Crippen molar-refractivity contribution in [3.05, 3.63) is 65.7 Å². The molecule has 2 aromatic rings. The number of hydrogen-bond acceptors (Lipinski definition) is 1. The molecule has 0 bridgehead atoms. The Kier molecular flexibility index (Phi) is 5.80. The average Bonchev–Trinajstić information content (AvgIpc) is 2.53. The minimum atomic E-state index is -0.0684. The third-order valence-electron chi connectivity index (χ3n) is 3.91. The van der Waals surface area contributed by atoms with E-state index in [0.717, 1.165) is 11.3 Å². The van der Waals surface area contributed by atoms with E-state index in [1.165, 1.54) is 5.56 Å². The van der Waals surface area contributed by atoms with Gasteiger partial charge in [-0.2, -0.15) is 0 Å². The van der Waals surface area contributed by atoms with Crippen molar-refractivity contribution in [2.75, 3.05) is 5.32 Å². The first-order chi connectivity index (χ1) is 11.0. The molecule has 2 rings (SSSR count). The van der Waals surface area contributed by atoms with E-state index in [1.54, 1.807) is 0 Å². The molecule has 2 amide bonds. The van der Waals surface area contributed by atoms with Crippen molar-refractivity contribution in [3.8, 4) is 0 Å². The first-order valence-corrected chi connectivity index (χ1v) is 8.19. The van der Waals surface area contributed by atoms with Crippen molar-refractivity contribution in [3.63, 3.8) is 0 Å². The summed E-state index contributed by atoms with van der Waals surface area (Å²) in [4.78, 5) is 14.4. The fourth-order valence-electron chi connectivity index (χ4n) is 2.42. The van der Waals surface area contributed by atoms with Crippen molar-refractivity contribution < 1.29 is 4.79 Å². The number of nitrogens with zero attached hydrogens (tertiary/aromatic N) is 1. The number of amides is 2. The summed E-state index contributed by atoms with van der Waals surface area (Å²) in [5.74, 6) is 0.491. The second kappa shape index (κ2) is 7.82. The molecule has 0 fully saturated rings. The van der Waals surface area contributed by atoms with Crippen LogP contribution in [0.25, 0.3) is 0 Å². The third-order valence-corrected chi connectivity index (χ3v) is 3.91. The highest BCUT2D eigenvalue weighted by Crippen LogP contribution is 2.18. The molecular weight excluding hydrogens is 284 g/mol. The van der Waals surface area contributed by atoms with Gasteiger partial charge in [0, 0.05) is 18.3 Å². The van der Waals surface area contributed by atoms with Gasteiger partial charge in [0.1, 0.15) is 0 Å². The van der Waals surface area contributed by atoms with E-state index in [4.69, 9.17) is 0 Å². The molecule has 0 aliphatic heterocycles. The van der Waals surface area contributed by atoms with Crippen LogP contribution >= 0.6 is 0 Å². The van der Waals surface area contributed by atoms with Crippen LogP contribution in [0.4, 0.5) is 10.5 Å². The molecule has 0 radical (unpaired) electrons. The fraction of sp³-hybridized carbons (Fsp3) is 0.350. The van der Waals surface area contributed by atoms with E-state index >= 15 is 0 Å². The summed E-state index contributed by atoms with van der Waals surface area (Å²) in [5, 5.41) is 3.00. The molecule has 23 heavy (non-hydrogen) atoms. The number of carbonyl (C=O) groups excluding carboxylic acids is 1. The van der Waals surface area contributed by atoms with Crippen LogP contribution in [0.2, 0.25) is 0 Å². The van der Waals surface area contributed by atoms with Gasteiger partial charge in [-0.3, -0.25) is 0 Å². The smallest absolute Gasteiger partial charge is 0.318 e. The third kappa shape index (κ3) is 4.85. The van der Waals surface area contributed by atoms with E-state index in [-0.39, 0.29) is 12.1 Å². The van der Waals surface area contributed by atoms with Gasteiger partial charge in [-0.25, -0.2) is 4.79 Å². The highest BCUT2D eigenvalue weighted by Gasteiger charge is 2.17. The van der Waals surface area contributed by atoms with Crippen LogP contribution in [0.3, 0.4) is 0 Å². The molecule has 0 aliphatic rings. The Bertz CT molecular complexity index is 618. The summed E-state index contributed by atoms with van der Waals surface area (Å²) in [6.45, 7) is 8.99. The molecule has 122 valence electrons. The molecular formula is C20H26N2O. The summed E-state index contributed by atoms with van der Waals surface area (Å²) in [5.41, 5.74) is 3.23. The van der Waals surface area contributed by atoms with Crippen LogP contribution in [-0.2, 0) is 6.54 Å². The summed E-state index contributed by atoms with van der Waals surface area (Å²) in [7, 11) is 0. The molecule has 0 atom stereocenters. The highest BCUT2D eigenvalue weighted by atomic mass is 16.2. The SMILES string of the molecule is CC(C)c1ccc(NC(=O)N(Cc2ccccc2)C(C)C)cc1. The lowest BCUT2D eigenvalue weighted by molar-refractivity contribution is 0.193. The second-order valence-electron chi connectivity index (χ2n) is 6.41. The Morgan fingerprint density at radius 1 is 0.957 bits per heavy atom. The standard InChI is InChI=1S/C20H26N2O/c1-15(2)18-10-12-19(13-11-18)21-20(23)22(16(3)4)14-17-8-6-5-7-9-17/h5-13,15-16H,14H2,1-4H3,(H,21,23). The van der Waals surface area contributed by atoms with Gasteiger partial charge in [0.05, 0.1) is 0 Å². The van der Waals surface area contributed by atoms with Crippen LogP contribution in [0.5, 0.6) is 0 Å². The lowest BCUT2D eigenvalue weighted by atomic mass is 10.0. The molecule has 3 nitrogen and oxygen atoms in total. The van der Waals surface area contributed by atoms with Gasteiger partial charge >= 0.3 is 6.03 Å². The topological polar surface area (TPSA) is 32.3 Å². The molecule has 0 spiro atoms. The van der Waals surface area contributed by atoms with E-state index in [1.807, 2.05) is 61.2 Å². The summed E-state index contributed by atoms with van der Waals surface area (Å²) >= 11 is 0. The molecule has 0 saturated carbocycles. The van der Waals surface area contributed by atoms with Gasteiger partial charge in [-0.15, -0.1) is 0 Å². The van der Waals surface area contributed by atoms with Crippen LogP contribution < -0.4 is 5.32 Å². The number of rotatable bonds is 5. The number of nitrogens with one attached hydrogen (secondary N) is 1. The average molecular weight is 310 g/mol. The van der Waals surface area contributed by atoms with Crippen molar-refractivity contribution in [2.45, 2.75) is 46.2 Å². The number of hydrogen-bond donors (Lipinski definition) is 1. The quantitative estimate of drug-likeness (QED) is 0.803. The fourth-order valence-corrected chi connectivity index (χ4v) is 2.42. The number of carbonyl (C=O) groups is 1. The zero-order valence-corrected chi connectivity index (χ0v) is 14.4. The maximum Gasteiger partial charge on any atom is 0.322 e. The Hall–Kier alpha value is -2.29. The monoisotopic (exact) mass is 310 g/mol. The maximum absolute atomic E-state index is 12.6. The van der Waals surface area contributed by atoms with E-state index in [9.17, 15) is 4.79 Å². The molecule has 1 N–H and O–H groups in total. The Morgan fingerprint density at radius 2 is 1.57 bits per heavy atom. The minimum Gasteiger partial charge on any atom is -0.318 e. The van der Waals surface area contributed by atoms with Gasteiger partial charge in [-0.05, 0) is 43.0 Å². The molecule has 3 heteroatoms. The molecule has 2 aromatic carbocycles. The Balaban J connectivity index is 2.06. The van der Waals surface area contributed by atoms with Crippen molar-refractivity contribution >= 4 is 11.7 Å². The predicted molar refractivity (Wildman–Crippen MR) is 96.7 cm³/mol. The normalized spacial score (nSPS) is 10.9. The second-order valence-corrected chi connectivity index (χ2v) is 6.41. The van der Waals surface area contributed by atoms with Crippen molar-refractivity contribution in [2.24, 2.45) is 0 Å². The molecule has 0 aliphatic carbocycles. The van der Waals surface area contributed by atoms with Crippen LogP contribution in [0, 0.1) is 0 Å². The Morgan fingerprint density at radius 3 is 2.09 bits per heavy atom. The number of anilines is 1. The molecule has 0 aromatic heterocycles.